The first-order chi connectivity index (χ1) is 15.4. The number of esters is 2. The van der Waals surface area contributed by atoms with Crippen molar-refractivity contribution >= 4 is 29.8 Å². The minimum atomic E-state index is -1.44. The SMILES string of the molecule is CC(C)(C)OC(=O)N[C@@]1(C(=O)OC(C)(C)C)C[C@H](Sc2ncn[nH]2)[C@H]2[C@H](C(=O)OC(C)(C)C)[C@H]21. The summed E-state index contributed by atoms with van der Waals surface area (Å²) in [5.74, 6) is -2.27. The number of amides is 1. The fourth-order valence-electron chi connectivity index (χ4n) is 4.47. The zero-order chi connectivity index (χ0) is 25.7. The third-order valence-electron chi connectivity index (χ3n) is 5.42. The summed E-state index contributed by atoms with van der Waals surface area (Å²) in [6.45, 7) is 15.9. The lowest BCUT2D eigenvalue weighted by atomic mass is 9.89. The maximum absolute atomic E-state index is 13.6. The van der Waals surface area contributed by atoms with Crippen molar-refractivity contribution < 1.29 is 28.6 Å². The number of fused-ring (bicyclic) bond motifs is 1. The van der Waals surface area contributed by atoms with Gasteiger partial charge in [-0.3, -0.25) is 9.89 Å². The predicted octanol–water partition coefficient (Wildman–Crippen LogP) is 3.48. The smallest absolute Gasteiger partial charge is 0.408 e. The van der Waals surface area contributed by atoms with Gasteiger partial charge in [-0.2, -0.15) is 5.10 Å². The van der Waals surface area contributed by atoms with Gasteiger partial charge in [0.15, 0.2) is 5.16 Å². The first kappa shape index (κ1) is 26.3. The number of aromatic nitrogens is 3. The van der Waals surface area contributed by atoms with Gasteiger partial charge in [0.05, 0.1) is 5.92 Å². The highest BCUT2D eigenvalue weighted by molar-refractivity contribution is 7.99. The van der Waals surface area contributed by atoms with Crippen molar-refractivity contribution in [1.29, 1.82) is 0 Å². The van der Waals surface area contributed by atoms with Crippen molar-refractivity contribution in [2.24, 2.45) is 17.8 Å². The van der Waals surface area contributed by atoms with Crippen molar-refractivity contribution in [2.75, 3.05) is 0 Å². The third-order valence-corrected chi connectivity index (χ3v) is 6.62. The largest absolute Gasteiger partial charge is 0.460 e. The fraction of sp³-hybridized carbons (Fsp3) is 0.783. The predicted molar refractivity (Wildman–Crippen MR) is 125 cm³/mol. The van der Waals surface area contributed by atoms with Gasteiger partial charge in [0, 0.05) is 11.2 Å². The Kier molecular flexibility index (Phi) is 6.75. The topological polar surface area (TPSA) is 132 Å². The van der Waals surface area contributed by atoms with Crippen LogP contribution in [0.25, 0.3) is 0 Å². The lowest BCUT2D eigenvalue weighted by molar-refractivity contribution is -0.165. The van der Waals surface area contributed by atoms with E-state index in [1.165, 1.54) is 18.1 Å². The van der Waals surface area contributed by atoms with Crippen LogP contribution in [-0.2, 0) is 23.8 Å². The highest BCUT2D eigenvalue weighted by Gasteiger charge is 2.77. The van der Waals surface area contributed by atoms with E-state index in [0.717, 1.165) is 0 Å². The van der Waals surface area contributed by atoms with E-state index in [-0.39, 0.29) is 17.6 Å². The van der Waals surface area contributed by atoms with Gasteiger partial charge in [-0.15, -0.1) is 0 Å². The van der Waals surface area contributed by atoms with Crippen molar-refractivity contribution in [3.63, 3.8) is 0 Å². The Morgan fingerprint density at radius 1 is 1.00 bits per heavy atom. The molecule has 2 aliphatic carbocycles. The van der Waals surface area contributed by atoms with Crippen molar-refractivity contribution in [2.45, 2.75) is 101 Å². The van der Waals surface area contributed by atoms with E-state index in [2.05, 4.69) is 20.5 Å². The van der Waals surface area contributed by atoms with Crippen LogP contribution in [0.5, 0.6) is 0 Å². The Bertz CT molecular complexity index is 931. The second-order valence-electron chi connectivity index (χ2n) is 11.9. The third kappa shape index (κ3) is 6.03. The maximum atomic E-state index is 13.6. The van der Waals surface area contributed by atoms with Crippen molar-refractivity contribution in [3.05, 3.63) is 6.33 Å². The van der Waals surface area contributed by atoms with Crippen LogP contribution >= 0.6 is 11.8 Å². The number of rotatable bonds is 5. The van der Waals surface area contributed by atoms with E-state index >= 15 is 0 Å². The Morgan fingerprint density at radius 3 is 2.09 bits per heavy atom. The summed E-state index contributed by atoms with van der Waals surface area (Å²) in [5, 5.41) is 9.87. The van der Waals surface area contributed by atoms with Crippen LogP contribution in [0, 0.1) is 17.8 Å². The number of aromatic amines is 1. The molecule has 1 heterocycles. The van der Waals surface area contributed by atoms with Crippen LogP contribution in [0.2, 0.25) is 0 Å². The molecule has 1 amide bonds. The molecule has 0 radical (unpaired) electrons. The fourth-order valence-corrected chi connectivity index (χ4v) is 5.81. The summed E-state index contributed by atoms with van der Waals surface area (Å²) < 4.78 is 16.9. The number of hydrogen-bond donors (Lipinski definition) is 2. The molecule has 2 fully saturated rings. The number of H-pyrrole nitrogens is 1. The van der Waals surface area contributed by atoms with E-state index in [1.54, 1.807) is 62.3 Å². The van der Waals surface area contributed by atoms with Crippen LogP contribution < -0.4 is 5.32 Å². The van der Waals surface area contributed by atoms with E-state index in [9.17, 15) is 14.4 Å². The number of alkyl carbamates (subject to hydrolysis) is 1. The van der Waals surface area contributed by atoms with Gasteiger partial charge in [-0.05, 0) is 74.7 Å². The molecule has 2 N–H and O–H groups in total. The molecule has 2 aliphatic rings. The molecule has 190 valence electrons. The molecule has 3 rings (SSSR count). The summed E-state index contributed by atoms with van der Waals surface area (Å²) in [4.78, 5) is 43.8. The summed E-state index contributed by atoms with van der Waals surface area (Å²) in [6.07, 6.45) is 0.908. The zero-order valence-electron chi connectivity index (χ0n) is 21.3. The number of ether oxygens (including phenoxy) is 3. The van der Waals surface area contributed by atoms with E-state index in [1.807, 2.05) is 0 Å². The van der Waals surface area contributed by atoms with Crippen molar-refractivity contribution in [1.82, 2.24) is 20.5 Å². The summed E-state index contributed by atoms with van der Waals surface area (Å²) in [5.41, 5.74) is -3.69. The van der Waals surface area contributed by atoms with Gasteiger partial charge >= 0.3 is 18.0 Å². The summed E-state index contributed by atoms with van der Waals surface area (Å²) >= 11 is 1.39. The van der Waals surface area contributed by atoms with Crippen LogP contribution in [-0.4, -0.2) is 60.8 Å². The lowest BCUT2D eigenvalue weighted by Gasteiger charge is -2.35. The molecule has 10 nitrogen and oxygen atoms in total. The van der Waals surface area contributed by atoms with Crippen LogP contribution in [0.15, 0.2) is 11.5 Å². The van der Waals surface area contributed by atoms with Crippen LogP contribution in [0.1, 0.15) is 68.7 Å². The van der Waals surface area contributed by atoms with Gasteiger partial charge in [0.25, 0.3) is 0 Å². The monoisotopic (exact) mass is 496 g/mol. The van der Waals surface area contributed by atoms with Crippen LogP contribution in [0.4, 0.5) is 4.79 Å². The summed E-state index contributed by atoms with van der Waals surface area (Å²) in [6, 6.07) is 0. The number of hydrogen-bond acceptors (Lipinski definition) is 9. The van der Waals surface area contributed by atoms with Gasteiger partial charge in [0.1, 0.15) is 28.7 Å². The lowest BCUT2D eigenvalue weighted by Crippen LogP contribution is -2.59. The van der Waals surface area contributed by atoms with Gasteiger partial charge in [-0.1, -0.05) is 11.8 Å². The highest BCUT2D eigenvalue weighted by Crippen LogP contribution is 2.66. The van der Waals surface area contributed by atoms with Crippen molar-refractivity contribution in [3.8, 4) is 0 Å². The van der Waals surface area contributed by atoms with E-state index < -0.39 is 52.2 Å². The molecule has 11 heteroatoms. The Hall–Kier alpha value is -2.30. The highest BCUT2D eigenvalue weighted by atomic mass is 32.2. The molecule has 5 atom stereocenters. The molecule has 0 aromatic carbocycles. The minimum Gasteiger partial charge on any atom is -0.460 e. The number of nitrogens with one attached hydrogen (secondary N) is 2. The number of nitrogens with zero attached hydrogens (tertiary/aromatic N) is 2. The zero-order valence-corrected chi connectivity index (χ0v) is 22.2. The number of carbonyl (C=O) groups excluding carboxylic acids is 3. The molecule has 1 aromatic heterocycles. The van der Waals surface area contributed by atoms with Crippen LogP contribution in [0.3, 0.4) is 0 Å². The molecule has 0 bridgehead atoms. The molecule has 0 saturated heterocycles. The summed E-state index contributed by atoms with van der Waals surface area (Å²) in [7, 11) is 0. The molecule has 2 saturated carbocycles. The average molecular weight is 497 g/mol. The molecule has 0 spiro atoms. The average Bonchev–Trinajstić information content (AvgIpc) is 3.00. The van der Waals surface area contributed by atoms with Gasteiger partial charge < -0.3 is 19.5 Å². The number of thioether (sulfide) groups is 1. The molecule has 34 heavy (non-hydrogen) atoms. The van der Waals surface area contributed by atoms with Gasteiger partial charge in [-0.25, -0.2) is 14.6 Å². The maximum Gasteiger partial charge on any atom is 0.408 e. The Balaban J connectivity index is 1.98. The molecule has 0 aliphatic heterocycles. The first-order valence-corrected chi connectivity index (χ1v) is 12.3. The standard InChI is InChI=1S/C23H36N4O6S/c1-20(2,3)31-16(28)14-13-12(34-18-24-11-25-27-18)10-23(15(13)14,17(29)32-21(4,5)6)26-19(30)33-22(7,8)9/h11-15H,10H2,1-9H3,(H,26,30)(H,24,25,27)/t12-,13-,14-,15-,23-/m0/s1. The molecule has 0 unspecified atom stereocenters. The van der Waals surface area contributed by atoms with Gasteiger partial charge in [0.2, 0.25) is 0 Å². The second kappa shape index (κ2) is 8.73. The van der Waals surface area contributed by atoms with E-state index in [0.29, 0.717) is 5.16 Å². The normalized spacial score (nSPS) is 28.6. The molecular weight excluding hydrogens is 460 g/mol. The Labute approximate surface area is 204 Å². The number of carbonyl (C=O) groups is 3. The van der Waals surface area contributed by atoms with E-state index in [4.69, 9.17) is 14.2 Å². The quantitative estimate of drug-likeness (QED) is 0.464. The molecule has 1 aromatic rings. The second-order valence-corrected chi connectivity index (χ2v) is 13.1. The minimum absolute atomic E-state index is 0.210. The first-order valence-electron chi connectivity index (χ1n) is 11.4. The molecular formula is C23H36N4O6S. The Morgan fingerprint density at radius 2 is 1.59 bits per heavy atom.